The Labute approximate surface area is 126 Å². The van der Waals surface area contributed by atoms with Crippen LogP contribution >= 0.6 is 11.3 Å². The summed E-state index contributed by atoms with van der Waals surface area (Å²) in [5, 5.41) is 14.7. The van der Waals surface area contributed by atoms with Crippen molar-refractivity contribution < 1.29 is 19.4 Å². The Balaban J connectivity index is 1.63. The zero-order chi connectivity index (χ0) is 14.8. The zero-order valence-corrected chi connectivity index (χ0v) is 12.3. The van der Waals surface area contributed by atoms with E-state index >= 15 is 0 Å². The van der Waals surface area contributed by atoms with E-state index in [1.165, 1.54) is 11.3 Å². The van der Waals surface area contributed by atoms with E-state index < -0.39 is 6.10 Å². The molecule has 2 heterocycles. The van der Waals surface area contributed by atoms with Gasteiger partial charge in [0.05, 0.1) is 0 Å². The number of fused-ring (bicyclic) bond motifs is 1. The molecule has 6 heteroatoms. The SMILES string of the molecule is Cc1ccsc1[C@@H](O)CNC(=O)c1ccc2c(c1)OCO2. The van der Waals surface area contributed by atoms with Crippen LogP contribution in [0.5, 0.6) is 11.5 Å². The van der Waals surface area contributed by atoms with Crippen LogP contribution in [0.3, 0.4) is 0 Å². The number of hydrogen-bond donors (Lipinski definition) is 2. The molecule has 1 aromatic heterocycles. The number of thiophene rings is 1. The maximum atomic E-state index is 12.1. The molecule has 1 atom stereocenters. The molecule has 0 fully saturated rings. The van der Waals surface area contributed by atoms with E-state index in [1.807, 2.05) is 18.4 Å². The van der Waals surface area contributed by atoms with Gasteiger partial charge in [-0.05, 0) is 42.1 Å². The molecule has 2 N–H and O–H groups in total. The lowest BCUT2D eigenvalue weighted by atomic mass is 10.1. The van der Waals surface area contributed by atoms with Gasteiger partial charge in [-0.15, -0.1) is 11.3 Å². The summed E-state index contributed by atoms with van der Waals surface area (Å²) >= 11 is 1.48. The molecule has 1 amide bonds. The first-order chi connectivity index (χ1) is 10.1. The van der Waals surface area contributed by atoms with Gasteiger partial charge in [0.1, 0.15) is 6.10 Å². The van der Waals surface area contributed by atoms with Crippen molar-refractivity contribution in [3.05, 3.63) is 45.6 Å². The topological polar surface area (TPSA) is 67.8 Å². The molecule has 1 aliphatic heterocycles. The highest BCUT2D eigenvalue weighted by Gasteiger charge is 2.17. The Morgan fingerprint density at radius 3 is 2.95 bits per heavy atom. The van der Waals surface area contributed by atoms with E-state index in [9.17, 15) is 9.90 Å². The van der Waals surface area contributed by atoms with Crippen LogP contribution in [0.2, 0.25) is 0 Å². The first-order valence-corrected chi connectivity index (χ1v) is 7.43. The molecule has 5 nitrogen and oxygen atoms in total. The molecule has 0 unspecified atom stereocenters. The molecule has 0 spiro atoms. The van der Waals surface area contributed by atoms with Crippen LogP contribution < -0.4 is 14.8 Å². The summed E-state index contributed by atoms with van der Waals surface area (Å²) in [6.45, 7) is 2.29. The molecule has 1 aromatic carbocycles. The quantitative estimate of drug-likeness (QED) is 0.909. The third-order valence-electron chi connectivity index (χ3n) is 3.30. The van der Waals surface area contributed by atoms with Crippen LogP contribution in [0.4, 0.5) is 0 Å². The fourth-order valence-electron chi connectivity index (χ4n) is 2.15. The van der Waals surface area contributed by atoms with Crippen molar-refractivity contribution in [2.75, 3.05) is 13.3 Å². The minimum absolute atomic E-state index is 0.175. The summed E-state index contributed by atoms with van der Waals surface area (Å²) in [7, 11) is 0. The number of aliphatic hydroxyl groups is 1. The van der Waals surface area contributed by atoms with Crippen LogP contribution in [0.25, 0.3) is 0 Å². The Kier molecular flexibility index (Phi) is 3.81. The highest BCUT2D eigenvalue weighted by molar-refractivity contribution is 7.10. The van der Waals surface area contributed by atoms with Crippen LogP contribution in [0, 0.1) is 6.92 Å². The Hall–Kier alpha value is -2.05. The Bertz CT molecular complexity index is 667. The van der Waals surface area contributed by atoms with Gasteiger partial charge < -0.3 is 19.9 Å². The maximum absolute atomic E-state index is 12.1. The number of benzene rings is 1. The number of aliphatic hydroxyl groups excluding tert-OH is 1. The summed E-state index contributed by atoms with van der Waals surface area (Å²) in [5.41, 5.74) is 1.51. The predicted octanol–water partition coefficient (Wildman–Crippen LogP) is 2.25. The van der Waals surface area contributed by atoms with Crippen molar-refractivity contribution in [1.82, 2.24) is 5.32 Å². The van der Waals surface area contributed by atoms with Gasteiger partial charge in [0.25, 0.3) is 5.91 Å². The van der Waals surface area contributed by atoms with Gasteiger partial charge in [0, 0.05) is 17.0 Å². The number of ether oxygens (including phenoxy) is 2. The average molecular weight is 305 g/mol. The second-order valence-electron chi connectivity index (χ2n) is 4.76. The number of hydrogen-bond acceptors (Lipinski definition) is 5. The standard InChI is InChI=1S/C15H15NO4S/c1-9-4-5-21-14(9)11(17)7-16-15(18)10-2-3-12-13(6-10)20-8-19-12/h2-6,11,17H,7-8H2,1H3,(H,16,18)/t11-/m0/s1. The number of aryl methyl sites for hydroxylation is 1. The average Bonchev–Trinajstić information content (AvgIpc) is 3.11. The van der Waals surface area contributed by atoms with Gasteiger partial charge in [-0.25, -0.2) is 0 Å². The third kappa shape index (κ3) is 2.86. The second-order valence-corrected chi connectivity index (χ2v) is 5.71. The van der Waals surface area contributed by atoms with Gasteiger partial charge in [-0.2, -0.15) is 0 Å². The molecule has 1 aliphatic rings. The van der Waals surface area contributed by atoms with Crippen molar-refractivity contribution in [3.63, 3.8) is 0 Å². The van der Waals surface area contributed by atoms with E-state index in [0.717, 1.165) is 10.4 Å². The monoisotopic (exact) mass is 305 g/mol. The van der Waals surface area contributed by atoms with Gasteiger partial charge >= 0.3 is 0 Å². The number of rotatable bonds is 4. The Morgan fingerprint density at radius 1 is 1.38 bits per heavy atom. The minimum Gasteiger partial charge on any atom is -0.454 e. The molecule has 0 saturated heterocycles. The first kappa shape index (κ1) is 13.9. The van der Waals surface area contributed by atoms with E-state index in [-0.39, 0.29) is 19.2 Å². The van der Waals surface area contributed by atoms with E-state index in [2.05, 4.69) is 5.32 Å². The summed E-state index contributed by atoms with van der Waals surface area (Å²) in [4.78, 5) is 13.0. The Morgan fingerprint density at radius 2 is 2.19 bits per heavy atom. The van der Waals surface area contributed by atoms with Crippen LogP contribution in [-0.2, 0) is 0 Å². The van der Waals surface area contributed by atoms with Gasteiger partial charge in [-0.1, -0.05) is 0 Å². The third-order valence-corrected chi connectivity index (χ3v) is 4.42. The normalized spacial score (nSPS) is 14.0. The maximum Gasteiger partial charge on any atom is 0.251 e. The molecule has 3 rings (SSSR count). The lowest BCUT2D eigenvalue weighted by Gasteiger charge is -2.11. The van der Waals surface area contributed by atoms with Crippen molar-refractivity contribution in [3.8, 4) is 11.5 Å². The fraction of sp³-hybridized carbons (Fsp3) is 0.267. The lowest BCUT2D eigenvalue weighted by Crippen LogP contribution is -2.28. The highest BCUT2D eigenvalue weighted by Crippen LogP contribution is 2.32. The van der Waals surface area contributed by atoms with Gasteiger partial charge in [-0.3, -0.25) is 4.79 Å². The van der Waals surface area contributed by atoms with Crippen molar-refractivity contribution in [2.45, 2.75) is 13.0 Å². The number of nitrogens with one attached hydrogen (secondary N) is 1. The molecule has 0 saturated carbocycles. The van der Waals surface area contributed by atoms with E-state index in [0.29, 0.717) is 17.1 Å². The van der Waals surface area contributed by atoms with Crippen molar-refractivity contribution in [1.29, 1.82) is 0 Å². The van der Waals surface area contributed by atoms with Gasteiger partial charge in [0.15, 0.2) is 11.5 Å². The zero-order valence-electron chi connectivity index (χ0n) is 11.5. The van der Waals surface area contributed by atoms with Crippen LogP contribution in [0.1, 0.15) is 26.9 Å². The van der Waals surface area contributed by atoms with Crippen molar-refractivity contribution in [2.24, 2.45) is 0 Å². The molecular formula is C15H15NO4S. The summed E-state index contributed by atoms with van der Waals surface area (Å²) < 4.78 is 10.4. The number of carbonyl (C=O) groups excluding carboxylic acids is 1. The molecule has 0 aliphatic carbocycles. The summed E-state index contributed by atoms with van der Waals surface area (Å²) in [5.74, 6) is 0.958. The fourth-order valence-corrected chi connectivity index (χ4v) is 3.06. The molecular weight excluding hydrogens is 290 g/mol. The van der Waals surface area contributed by atoms with Crippen LogP contribution in [-0.4, -0.2) is 24.4 Å². The molecule has 0 radical (unpaired) electrons. The van der Waals surface area contributed by atoms with Crippen molar-refractivity contribution >= 4 is 17.2 Å². The predicted molar refractivity (Wildman–Crippen MR) is 78.9 cm³/mol. The second kappa shape index (κ2) is 5.75. The first-order valence-electron chi connectivity index (χ1n) is 6.55. The van der Waals surface area contributed by atoms with E-state index in [4.69, 9.17) is 9.47 Å². The van der Waals surface area contributed by atoms with Gasteiger partial charge in [0.2, 0.25) is 6.79 Å². The molecule has 0 bridgehead atoms. The molecule has 21 heavy (non-hydrogen) atoms. The molecule has 110 valence electrons. The summed E-state index contributed by atoms with van der Waals surface area (Å²) in [6.07, 6.45) is -0.692. The number of amides is 1. The largest absolute Gasteiger partial charge is 0.454 e. The molecule has 2 aromatic rings. The minimum atomic E-state index is -0.692. The summed E-state index contributed by atoms with van der Waals surface area (Å²) in [6, 6.07) is 6.96. The van der Waals surface area contributed by atoms with Crippen LogP contribution in [0.15, 0.2) is 29.6 Å². The lowest BCUT2D eigenvalue weighted by molar-refractivity contribution is 0.0917. The smallest absolute Gasteiger partial charge is 0.251 e. The number of carbonyl (C=O) groups is 1. The highest BCUT2D eigenvalue weighted by atomic mass is 32.1. The van der Waals surface area contributed by atoms with E-state index in [1.54, 1.807) is 18.2 Å².